The van der Waals surface area contributed by atoms with Crippen LogP contribution >= 0.6 is 0 Å². The molecule has 2 amide bonds. The van der Waals surface area contributed by atoms with E-state index in [2.05, 4.69) is 38.4 Å². The number of hydrogen-bond donors (Lipinski definition) is 4. The fraction of sp³-hybridized carbons (Fsp3) is 0.467. The number of aliphatic hydroxyl groups excluding tert-OH is 2. The highest BCUT2D eigenvalue weighted by Gasteiger charge is 2.04. The maximum absolute atomic E-state index is 10.8. The van der Waals surface area contributed by atoms with Crippen LogP contribution in [0.25, 0.3) is 0 Å². The fourth-order valence-corrected chi connectivity index (χ4v) is 0.842. The molecule has 0 radical (unpaired) electrons. The highest BCUT2D eigenvalue weighted by atomic mass is 16.7. The van der Waals surface area contributed by atoms with Crippen molar-refractivity contribution in [2.75, 3.05) is 46.9 Å². The van der Waals surface area contributed by atoms with Crippen LogP contribution in [0.2, 0.25) is 0 Å². The third-order valence-electron chi connectivity index (χ3n) is 2.06. The average molecular weight is 506 g/mol. The summed E-state index contributed by atoms with van der Waals surface area (Å²) < 4.78 is 25.0. The molecule has 4 N–H and O–H groups in total. The van der Waals surface area contributed by atoms with Gasteiger partial charge < -0.3 is 44.0 Å². The van der Waals surface area contributed by atoms with Gasteiger partial charge in [-0.05, 0) is 0 Å². The number of nitrogens with one attached hydrogen (secondary N) is 2. The van der Waals surface area contributed by atoms with Gasteiger partial charge in [-0.1, -0.05) is 0 Å². The van der Waals surface area contributed by atoms with Crippen molar-refractivity contribution in [3.63, 3.8) is 0 Å². The van der Waals surface area contributed by atoms with Gasteiger partial charge in [-0.3, -0.25) is 5.32 Å². The second kappa shape index (κ2) is 28.7. The molecule has 0 atom stereocenters. The lowest BCUT2D eigenvalue weighted by Gasteiger charge is -2.06. The Hall–Kier alpha value is -5.26. The van der Waals surface area contributed by atoms with Crippen LogP contribution in [-0.4, -0.2) is 93.4 Å². The van der Waals surface area contributed by atoms with E-state index in [1.165, 1.54) is 24.7 Å². The molecule has 0 saturated heterocycles. The minimum Gasteiger partial charge on any atom is -0.426 e. The van der Waals surface area contributed by atoms with Crippen LogP contribution in [0.15, 0.2) is 9.98 Å². The van der Waals surface area contributed by atoms with Gasteiger partial charge in [-0.25, -0.2) is 28.8 Å². The van der Waals surface area contributed by atoms with E-state index in [0.717, 1.165) is 0 Å². The number of aliphatic imine (C=N–C) groups is 2. The third-order valence-corrected chi connectivity index (χ3v) is 2.06. The summed E-state index contributed by atoms with van der Waals surface area (Å²) >= 11 is 0. The summed E-state index contributed by atoms with van der Waals surface area (Å²) in [5, 5.41) is 35.8. The normalized spacial score (nSPS) is 7.77. The Labute approximate surface area is 195 Å². The van der Waals surface area contributed by atoms with E-state index in [-0.39, 0.29) is 20.1 Å². The van der Waals surface area contributed by atoms with Gasteiger partial charge in [0.05, 0.1) is 0 Å². The number of ether oxygens (including phenoxy) is 6. The van der Waals surface area contributed by atoms with Crippen LogP contribution in [0.4, 0.5) is 9.59 Å². The highest BCUT2D eigenvalue weighted by Crippen LogP contribution is 1.82. The first kappa shape index (κ1) is 34.4. The Bertz CT molecular complexity index is 794. The van der Waals surface area contributed by atoms with Crippen molar-refractivity contribution in [1.29, 1.82) is 10.5 Å². The number of rotatable bonds is 12. The number of alkyl carbamates (subject to hydrolysis) is 2. The van der Waals surface area contributed by atoms with E-state index in [9.17, 15) is 28.8 Å². The van der Waals surface area contributed by atoms with E-state index in [4.69, 9.17) is 20.7 Å². The zero-order valence-electron chi connectivity index (χ0n) is 17.5. The molecule has 20 nitrogen and oxygen atoms in total. The summed E-state index contributed by atoms with van der Waals surface area (Å²) in [6.07, 6.45) is 3.19. The molecule has 0 aromatic heterocycles. The molecular formula is C15H18N6O14. The largest absolute Gasteiger partial charge is 0.426 e. The third kappa shape index (κ3) is 33.6. The number of nitrogens with zero attached hydrogens (tertiary/aromatic N) is 4. The molecule has 0 unspecified atom stereocenters. The molecule has 0 heterocycles. The van der Waals surface area contributed by atoms with Crippen molar-refractivity contribution in [3.8, 4) is 12.5 Å². The summed E-state index contributed by atoms with van der Waals surface area (Å²) in [6.45, 7) is -3.62. The lowest BCUT2D eigenvalue weighted by Crippen LogP contribution is -2.29. The van der Waals surface area contributed by atoms with Crippen LogP contribution in [0.5, 0.6) is 0 Å². The topological polar surface area (TPSA) is 295 Å². The Kier molecular flexibility index (Phi) is 28.2. The number of amides is 2. The number of esters is 2. The predicted octanol–water partition coefficient (Wildman–Crippen LogP) is -3.06. The first-order valence-electron chi connectivity index (χ1n) is 8.26. The molecule has 0 rings (SSSR count). The van der Waals surface area contributed by atoms with Gasteiger partial charge in [0.1, 0.15) is 19.9 Å². The van der Waals surface area contributed by atoms with Gasteiger partial charge in [0.15, 0.2) is 6.73 Å². The molecule has 0 aliphatic rings. The molecule has 20 heteroatoms. The van der Waals surface area contributed by atoms with Crippen molar-refractivity contribution < 1.29 is 67.4 Å². The zero-order valence-corrected chi connectivity index (χ0v) is 17.5. The number of carbonyl (C=O) groups excluding carboxylic acids is 6. The molecular weight excluding hydrogens is 488 g/mol. The molecule has 35 heavy (non-hydrogen) atoms. The Morgan fingerprint density at radius 1 is 0.743 bits per heavy atom. The van der Waals surface area contributed by atoms with Crippen molar-refractivity contribution in [3.05, 3.63) is 0 Å². The van der Waals surface area contributed by atoms with Gasteiger partial charge in [0, 0.05) is 0 Å². The molecule has 192 valence electrons. The summed E-state index contributed by atoms with van der Waals surface area (Å²) in [4.78, 5) is 66.6. The van der Waals surface area contributed by atoms with Gasteiger partial charge in [0.2, 0.25) is 32.5 Å². The van der Waals surface area contributed by atoms with Crippen molar-refractivity contribution >= 4 is 36.3 Å². The van der Waals surface area contributed by atoms with Crippen LogP contribution in [0.1, 0.15) is 0 Å². The number of aliphatic hydroxyl groups is 2. The summed E-state index contributed by atoms with van der Waals surface area (Å²) in [7, 11) is 0. The van der Waals surface area contributed by atoms with E-state index < -0.39 is 50.9 Å². The number of carbonyl (C=O) groups is 4. The highest BCUT2D eigenvalue weighted by molar-refractivity contribution is 5.72. The zero-order chi connectivity index (χ0) is 27.2. The summed E-state index contributed by atoms with van der Waals surface area (Å²) in [5.41, 5.74) is 0. The fourth-order valence-electron chi connectivity index (χ4n) is 0.842. The van der Waals surface area contributed by atoms with Crippen molar-refractivity contribution in [2.24, 2.45) is 9.98 Å². The van der Waals surface area contributed by atoms with E-state index in [0.29, 0.717) is 0 Å². The standard InChI is InChI=1S/C7H8N4O6.C5H8O6.C3H2N2O2/c8-1-15-4-11-7(14)17-5-16-6(13)10-2-9-3-12;6-1-4(8)10-3-11-5(9)2-7;4-1-7-3-5-2-6/h2,4-5H2,(H,10,13)(H,11,14);6-7H,1-3H2;3H2. The van der Waals surface area contributed by atoms with Gasteiger partial charge in [-0.15, -0.1) is 0 Å². The van der Waals surface area contributed by atoms with Crippen molar-refractivity contribution in [1.82, 2.24) is 10.6 Å². The number of nitriles is 2. The lowest BCUT2D eigenvalue weighted by atomic mass is 10.7. The van der Waals surface area contributed by atoms with Gasteiger partial charge in [0.25, 0.3) is 12.5 Å². The molecule has 0 aliphatic carbocycles. The van der Waals surface area contributed by atoms with E-state index >= 15 is 0 Å². The SMILES string of the molecule is N#COCN=C=O.N#COCNC(=O)OCOC(=O)NCN=C=O.O=C(CO)OCOC(=O)CO. The van der Waals surface area contributed by atoms with Gasteiger partial charge in [-0.2, -0.15) is 20.5 Å². The lowest BCUT2D eigenvalue weighted by molar-refractivity contribution is -0.170. The van der Waals surface area contributed by atoms with Gasteiger partial charge >= 0.3 is 24.1 Å². The Balaban J connectivity index is -0.000000486. The average Bonchev–Trinajstić information content (AvgIpc) is 2.85. The molecule has 0 aromatic carbocycles. The minimum atomic E-state index is -0.932. The molecule has 0 spiro atoms. The molecule has 0 bridgehead atoms. The van der Waals surface area contributed by atoms with Crippen LogP contribution < -0.4 is 10.6 Å². The van der Waals surface area contributed by atoms with E-state index in [1.54, 1.807) is 0 Å². The maximum Gasteiger partial charge on any atom is 0.412 e. The molecule has 0 saturated carbocycles. The quantitative estimate of drug-likeness (QED) is 0.0509. The summed E-state index contributed by atoms with van der Waals surface area (Å²) in [6, 6.07) is 0. The first-order valence-corrected chi connectivity index (χ1v) is 8.26. The Morgan fingerprint density at radius 2 is 1.23 bits per heavy atom. The Morgan fingerprint density at radius 3 is 1.69 bits per heavy atom. The molecule has 0 fully saturated rings. The minimum absolute atomic E-state index is 0.222. The van der Waals surface area contributed by atoms with Crippen molar-refractivity contribution in [2.45, 2.75) is 0 Å². The number of isocyanates is 2. The summed E-state index contributed by atoms with van der Waals surface area (Å²) in [5.74, 6) is -1.79. The first-order chi connectivity index (χ1) is 16.8. The second-order valence-electron chi connectivity index (χ2n) is 4.20. The smallest absolute Gasteiger partial charge is 0.412 e. The molecule has 0 aromatic rings. The van der Waals surface area contributed by atoms with E-state index in [1.807, 2.05) is 10.6 Å². The monoisotopic (exact) mass is 506 g/mol. The van der Waals surface area contributed by atoms with Crippen LogP contribution in [0.3, 0.4) is 0 Å². The number of hydrogen-bond acceptors (Lipinski definition) is 18. The van der Waals surface area contributed by atoms with Crippen LogP contribution in [-0.2, 0) is 47.6 Å². The van der Waals surface area contributed by atoms with Crippen LogP contribution in [0, 0.1) is 23.0 Å². The maximum atomic E-state index is 10.8. The second-order valence-corrected chi connectivity index (χ2v) is 4.20. The molecule has 0 aliphatic heterocycles. The predicted molar refractivity (Wildman–Crippen MR) is 99.6 cm³/mol.